The summed E-state index contributed by atoms with van der Waals surface area (Å²) in [5.41, 5.74) is 1.10. The maximum absolute atomic E-state index is 8.90. The van der Waals surface area contributed by atoms with E-state index in [0.29, 0.717) is 5.06 Å². The standard InChI is InChI=1S/C22H41BO3S/c1-2-3-4-5-6-7-8-9-10-11-12-13-14-15-16-17-18-21-19-20-27-22(21)26-23(24)25/h19-20,24-25H,2-18H2,1H3. The Hall–Kier alpha value is -0.515. The predicted molar refractivity (Wildman–Crippen MR) is 118 cm³/mol. The lowest BCUT2D eigenvalue weighted by atomic mass is 10.0. The minimum atomic E-state index is -1.71. The Morgan fingerprint density at radius 3 is 1.63 bits per heavy atom. The van der Waals surface area contributed by atoms with E-state index in [2.05, 4.69) is 6.92 Å². The smallest absolute Gasteiger partial charge is 0.504 e. The molecule has 0 atom stereocenters. The van der Waals surface area contributed by atoms with Gasteiger partial charge in [-0.2, -0.15) is 0 Å². The van der Waals surface area contributed by atoms with Crippen molar-refractivity contribution < 1.29 is 14.7 Å². The normalized spacial score (nSPS) is 11.1. The van der Waals surface area contributed by atoms with Gasteiger partial charge in [0.15, 0.2) is 5.06 Å². The van der Waals surface area contributed by atoms with Crippen LogP contribution in [0.1, 0.15) is 115 Å². The maximum atomic E-state index is 8.90. The first-order chi connectivity index (χ1) is 13.2. The van der Waals surface area contributed by atoms with Gasteiger partial charge in [-0.05, 0) is 24.3 Å². The Morgan fingerprint density at radius 2 is 1.19 bits per heavy atom. The molecule has 0 radical (unpaired) electrons. The van der Waals surface area contributed by atoms with Crippen molar-refractivity contribution >= 4 is 18.7 Å². The van der Waals surface area contributed by atoms with Gasteiger partial charge in [0.25, 0.3) is 0 Å². The molecular formula is C22H41BO3S. The van der Waals surface area contributed by atoms with Crippen LogP contribution in [0.5, 0.6) is 5.06 Å². The lowest BCUT2D eigenvalue weighted by molar-refractivity contribution is 0.290. The second-order valence-electron chi connectivity index (χ2n) is 7.73. The van der Waals surface area contributed by atoms with E-state index < -0.39 is 7.32 Å². The first-order valence-corrected chi connectivity index (χ1v) is 12.2. The summed E-state index contributed by atoms with van der Waals surface area (Å²) < 4.78 is 4.99. The predicted octanol–water partition coefficient (Wildman–Crippen LogP) is 6.90. The van der Waals surface area contributed by atoms with Crippen molar-refractivity contribution in [2.24, 2.45) is 0 Å². The largest absolute Gasteiger partial charge is 0.708 e. The average molecular weight is 396 g/mol. The molecule has 27 heavy (non-hydrogen) atoms. The van der Waals surface area contributed by atoms with Crippen molar-refractivity contribution in [3.8, 4) is 5.06 Å². The fourth-order valence-electron chi connectivity index (χ4n) is 3.57. The highest BCUT2D eigenvalue weighted by atomic mass is 32.1. The highest BCUT2D eigenvalue weighted by molar-refractivity contribution is 7.12. The van der Waals surface area contributed by atoms with E-state index in [0.717, 1.165) is 18.4 Å². The molecule has 0 saturated carbocycles. The van der Waals surface area contributed by atoms with Crippen LogP contribution in [0.4, 0.5) is 0 Å². The zero-order valence-electron chi connectivity index (χ0n) is 17.5. The molecule has 2 N–H and O–H groups in total. The van der Waals surface area contributed by atoms with Crippen molar-refractivity contribution in [1.29, 1.82) is 0 Å². The molecule has 1 aromatic heterocycles. The van der Waals surface area contributed by atoms with Gasteiger partial charge in [0, 0.05) is 5.56 Å². The van der Waals surface area contributed by atoms with Gasteiger partial charge in [0.05, 0.1) is 0 Å². The van der Waals surface area contributed by atoms with Crippen LogP contribution in [0.25, 0.3) is 0 Å². The second kappa shape index (κ2) is 17.6. The fraction of sp³-hybridized carbons (Fsp3) is 0.818. The molecule has 3 nitrogen and oxygen atoms in total. The first kappa shape index (κ1) is 24.5. The number of hydrogen-bond donors (Lipinski definition) is 2. The Morgan fingerprint density at radius 1 is 0.741 bits per heavy atom. The Bertz CT molecular complexity index is 437. The molecule has 0 bridgehead atoms. The van der Waals surface area contributed by atoms with Gasteiger partial charge in [-0.3, -0.25) is 0 Å². The summed E-state index contributed by atoms with van der Waals surface area (Å²) in [4.78, 5) is 0. The molecule has 1 aromatic rings. The molecule has 0 aliphatic rings. The molecule has 0 aliphatic heterocycles. The van der Waals surface area contributed by atoms with E-state index in [1.165, 1.54) is 108 Å². The Balaban J connectivity index is 1.81. The molecule has 0 aromatic carbocycles. The summed E-state index contributed by atoms with van der Waals surface area (Å²) in [7, 11) is -1.71. The molecule has 0 amide bonds. The Kier molecular flexibility index (Phi) is 16.0. The number of aryl methyl sites for hydroxylation is 1. The summed E-state index contributed by atoms with van der Waals surface area (Å²) in [5.74, 6) is 0. The van der Waals surface area contributed by atoms with Crippen molar-refractivity contribution in [1.82, 2.24) is 0 Å². The molecule has 1 heterocycles. The van der Waals surface area contributed by atoms with E-state index in [-0.39, 0.29) is 0 Å². The molecule has 0 unspecified atom stereocenters. The topological polar surface area (TPSA) is 49.7 Å². The molecule has 0 fully saturated rings. The van der Waals surface area contributed by atoms with E-state index in [9.17, 15) is 0 Å². The second-order valence-corrected chi connectivity index (χ2v) is 8.61. The third kappa shape index (κ3) is 14.2. The maximum Gasteiger partial charge on any atom is 0.708 e. The average Bonchev–Trinajstić information content (AvgIpc) is 3.07. The van der Waals surface area contributed by atoms with Gasteiger partial charge >= 0.3 is 7.32 Å². The van der Waals surface area contributed by atoms with Crippen LogP contribution >= 0.6 is 11.3 Å². The minimum absolute atomic E-state index is 0.644. The summed E-state index contributed by atoms with van der Waals surface area (Å²) in [6.07, 6.45) is 23.0. The number of rotatable bonds is 19. The summed E-state index contributed by atoms with van der Waals surface area (Å²) in [6, 6.07) is 2.02. The molecule has 5 heteroatoms. The van der Waals surface area contributed by atoms with E-state index in [4.69, 9.17) is 14.7 Å². The Labute approximate surface area is 171 Å². The zero-order chi connectivity index (χ0) is 19.6. The number of unbranched alkanes of at least 4 members (excludes halogenated alkanes) is 15. The molecule has 0 spiro atoms. The quantitative estimate of drug-likeness (QED) is 0.197. The van der Waals surface area contributed by atoms with Crippen molar-refractivity contribution in [2.45, 2.75) is 116 Å². The summed E-state index contributed by atoms with van der Waals surface area (Å²) in [6.45, 7) is 2.28. The van der Waals surface area contributed by atoms with Gasteiger partial charge in [0.2, 0.25) is 0 Å². The molecule has 0 aliphatic carbocycles. The molecule has 1 rings (SSSR count). The van der Waals surface area contributed by atoms with Gasteiger partial charge in [-0.1, -0.05) is 103 Å². The number of thiophene rings is 1. The molecular weight excluding hydrogens is 355 g/mol. The van der Waals surface area contributed by atoms with E-state index >= 15 is 0 Å². The first-order valence-electron chi connectivity index (χ1n) is 11.3. The lowest BCUT2D eigenvalue weighted by Gasteiger charge is -2.06. The molecule has 0 saturated heterocycles. The van der Waals surface area contributed by atoms with Gasteiger partial charge in [-0.15, -0.1) is 11.3 Å². The third-order valence-corrected chi connectivity index (χ3v) is 6.06. The van der Waals surface area contributed by atoms with Crippen molar-refractivity contribution in [3.05, 3.63) is 17.0 Å². The SMILES string of the molecule is CCCCCCCCCCCCCCCCCCc1ccsc1OB(O)O. The van der Waals surface area contributed by atoms with Crippen molar-refractivity contribution in [3.63, 3.8) is 0 Å². The van der Waals surface area contributed by atoms with E-state index in [1.807, 2.05) is 11.4 Å². The fourth-order valence-corrected chi connectivity index (χ4v) is 4.39. The van der Waals surface area contributed by atoms with Crippen LogP contribution in [0.3, 0.4) is 0 Å². The van der Waals surface area contributed by atoms with Crippen LogP contribution in [-0.2, 0) is 6.42 Å². The van der Waals surface area contributed by atoms with Crippen LogP contribution in [0.2, 0.25) is 0 Å². The lowest BCUT2D eigenvalue weighted by Crippen LogP contribution is -2.20. The van der Waals surface area contributed by atoms with Crippen LogP contribution in [0.15, 0.2) is 11.4 Å². The third-order valence-electron chi connectivity index (χ3n) is 5.22. The van der Waals surface area contributed by atoms with Crippen LogP contribution in [-0.4, -0.2) is 17.4 Å². The minimum Gasteiger partial charge on any atom is -0.504 e. The van der Waals surface area contributed by atoms with E-state index in [1.54, 1.807) is 0 Å². The summed E-state index contributed by atoms with van der Waals surface area (Å²) >= 11 is 1.42. The number of hydrogen-bond acceptors (Lipinski definition) is 4. The highest BCUT2D eigenvalue weighted by Gasteiger charge is 2.15. The van der Waals surface area contributed by atoms with Gasteiger partial charge < -0.3 is 14.7 Å². The van der Waals surface area contributed by atoms with Crippen molar-refractivity contribution in [2.75, 3.05) is 0 Å². The van der Waals surface area contributed by atoms with Gasteiger partial charge in [-0.25, -0.2) is 0 Å². The van der Waals surface area contributed by atoms with Crippen LogP contribution in [0, 0.1) is 0 Å². The summed E-state index contributed by atoms with van der Waals surface area (Å²) in [5, 5.41) is 20.4. The van der Waals surface area contributed by atoms with Crippen LogP contribution < -0.4 is 4.65 Å². The molecule has 156 valence electrons. The highest BCUT2D eigenvalue weighted by Crippen LogP contribution is 2.28. The monoisotopic (exact) mass is 396 g/mol. The zero-order valence-corrected chi connectivity index (χ0v) is 18.3. The van der Waals surface area contributed by atoms with Gasteiger partial charge in [0.1, 0.15) is 0 Å².